The molecule has 5 nitrogen and oxygen atoms in total. The molecule has 4 aliphatic carbocycles. The Kier molecular flexibility index (Phi) is 8.38. The number of hydrogen-bond donors (Lipinski definition) is 1. The minimum Gasteiger partial charge on any atom is -0.352 e. The third kappa shape index (κ3) is 5.82. The molecule has 238 valence electrons. The predicted molar refractivity (Wildman–Crippen MR) is 173 cm³/mol. The van der Waals surface area contributed by atoms with E-state index in [0.29, 0.717) is 24.2 Å². The van der Waals surface area contributed by atoms with Crippen molar-refractivity contribution in [3.63, 3.8) is 0 Å². The Labute approximate surface area is 261 Å². The smallest absolute Gasteiger partial charge is 0.220 e. The van der Waals surface area contributed by atoms with E-state index in [1.165, 1.54) is 0 Å². The number of carbonyl (C=O) groups excluding carboxylic acids is 3. The number of fused-ring (bicyclic) bond motifs is 3. The van der Waals surface area contributed by atoms with Crippen LogP contribution >= 0.6 is 0 Å². The zero-order valence-electron chi connectivity index (χ0n) is 29.1. The number of carbonyl (C=O) groups is 3. The van der Waals surface area contributed by atoms with Crippen LogP contribution in [0.3, 0.4) is 0 Å². The topological polar surface area (TPSA) is 87.0 Å². The van der Waals surface area contributed by atoms with E-state index >= 15 is 0 Å². The van der Waals surface area contributed by atoms with Gasteiger partial charge in [-0.25, -0.2) is 0 Å². The summed E-state index contributed by atoms with van der Waals surface area (Å²) in [5.74, 6) is 0.755. The lowest BCUT2D eigenvalue weighted by molar-refractivity contribution is -0.133. The molecule has 1 N–H and O–H groups in total. The van der Waals surface area contributed by atoms with Crippen LogP contribution in [0.2, 0.25) is 0 Å². The van der Waals surface area contributed by atoms with Gasteiger partial charge in [0.05, 0.1) is 5.57 Å². The van der Waals surface area contributed by atoms with Crippen LogP contribution in [0.4, 0.5) is 0 Å². The molecule has 0 heterocycles. The normalized spacial score (nSPS) is 38.7. The Bertz CT molecular complexity index is 1290. The molecule has 4 aliphatic rings. The van der Waals surface area contributed by atoms with Gasteiger partial charge in [0.1, 0.15) is 6.07 Å². The van der Waals surface area contributed by atoms with Crippen molar-refractivity contribution in [1.82, 2.24) is 5.32 Å². The zero-order valence-corrected chi connectivity index (χ0v) is 29.1. The highest BCUT2D eigenvalue weighted by molar-refractivity contribution is 6.04. The van der Waals surface area contributed by atoms with E-state index in [4.69, 9.17) is 0 Å². The number of nitrogens with one attached hydrogen (secondary N) is 1. The lowest BCUT2D eigenvalue weighted by Crippen LogP contribution is -2.58. The largest absolute Gasteiger partial charge is 0.352 e. The molecule has 0 bridgehead atoms. The molecule has 0 radical (unpaired) electrons. The molecule has 43 heavy (non-hydrogen) atoms. The summed E-state index contributed by atoms with van der Waals surface area (Å²) in [7, 11) is 0. The fourth-order valence-electron chi connectivity index (χ4n) is 10.2. The van der Waals surface area contributed by atoms with E-state index in [0.717, 1.165) is 56.9 Å². The third-order valence-electron chi connectivity index (χ3n) is 13.0. The Morgan fingerprint density at radius 2 is 1.65 bits per heavy atom. The van der Waals surface area contributed by atoms with Crippen molar-refractivity contribution in [2.75, 3.05) is 0 Å². The fourth-order valence-corrected chi connectivity index (χ4v) is 10.2. The van der Waals surface area contributed by atoms with Crippen LogP contribution in [0, 0.1) is 55.7 Å². The van der Waals surface area contributed by atoms with E-state index in [1.807, 2.05) is 46.8 Å². The van der Waals surface area contributed by atoms with E-state index in [1.54, 1.807) is 0 Å². The summed E-state index contributed by atoms with van der Waals surface area (Å²) in [6.07, 6.45) is 12.9. The van der Waals surface area contributed by atoms with Crippen LogP contribution in [0.1, 0.15) is 140 Å². The number of Topliss-reactive ketones (excluding diaryl/α,β-unsaturated/α-hetero) is 1. The van der Waals surface area contributed by atoms with Crippen molar-refractivity contribution in [3.8, 4) is 6.07 Å². The summed E-state index contributed by atoms with van der Waals surface area (Å²) in [6.45, 7) is 24.1. The number of hydrogen-bond acceptors (Lipinski definition) is 4. The van der Waals surface area contributed by atoms with Gasteiger partial charge in [-0.05, 0) is 112 Å². The molecule has 0 spiro atoms. The zero-order chi connectivity index (χ0) is 32.4. The van der Waals surface area contributed by atoms with E-state index in [-0.39, 0.29) is 50.7 Å². The molecular formula is C38H58N2O3. The van der Waals surface area contributed by atoms with Gasteiger partial charge in [-0.15, -0.1) is 0 Å². The maximum absolute atomic E-state index is 13.6. The summed E-state index contributed by atoms with van der Waals surface area (Å²) < 4.78 is 0. The molecule has 1 amide bonds. The molecule has 0 aliphatic heterocycles. The number of ketones is 2. The monoisotopic (exact) mass is 590 g/mol. The second-order valence-corrected chi connectivity index (χ2v) is 18.1. The molecule has 0 aromatic rings. The molecular weight excluding hydrogens is 532 g/mol. The highest BCUT2D eigenvalue weighted by atomic mass is 16.2. The van der Waals surface area contributed by atoms with E-state index in [2.05, 4.69) is 52.9 Å². The van der Waals surface area contributed by atoms with Gasteiger partial charge in [0.15, 0.2) is 11.6 Å². The van der Waals surface area contributed by atoms with Gasteiger partial charge in [-0.3, -0.25) is 14.4 Å². The maximum Gasteiger partial charge on any atom is 0.220 e. The number of allylic oxidation sites excluding steroid dienone is 4. The van der Waals surface area contributed by atoms with Gasteiger partial charge in [0.25, 0.3) is 0 Å². The number of amides is 1. The standard InChI is InChI=1S/C38H58N2O3/c1-25-21-33(5,6)16-18-38(25,15-13-30(42)40-32(2,3)4)19-17-35(9)23-27(41)20-29-36(10)22-26(24-39)31(43)34(7,8)28(36)12-14-37(29,35)11/h20,22,25,28H,12-19,21,23H2,1-11H3,(H,40,42)/t25?,28-,35+,36-,37+,38+/m0/s1. The molecule has 6 atom stereocenters. The quantitative estimate of drug-likeness (QED) is 0.335. The maximum atomic E-state index is 13.6. The summed E-state index contributed by atoms with van der Waals surface area (Å²) in [6, 6.07) is 2.20. The van der Waals surface area contributed by atoms with Gasteiger partial charge < -0.3 is 5.32 Å². The molecule has 1 unspecified atom stereocenters. The van der Waals surface area contributed by atoms with Crippen molar-refractivity contribution >= 4 is 17.5 Å². The van der Waals surface area contributed by atoms with Crippen LogP contribution < -0.4 is 5.32 Å². The lowest BCUT2D eigenvalue weighted by atomic mass is 9.40. The Morgan fingerprint density at radius 3 is 2.23 bits per heavy atom. The minimum absolute atomic E-state index is 0.0485. The molecule has 4 rings (SSSR count). The highest BCUT2D eigenvalue weighted by Gasteiger charge is 2.63. The van der Waals surface area contributed by atoms with Gasteiger partial charge in [0, 0.05) is 29.2 Å². The molecule has 2 saturated carbocycles. The molecule has 2 fully saturated rings. The van der Waals surface area contributed by atoms with E-state index in [9.17, 15) is 19.6 Å². The van der Waals surface area contributed by atoms with Crippen LogP contribution in [0.25, 0.3) is 0 Å². The Morgan fingerprint density at radius 1 is 1.00 bits per heavy atom. The Hall–Kier alpha value is -2.22. The summed E-state index contributed by atoms with van der Waals surface area (Å²) in [5, 5.41) is 13.1. The summed E-state index contributed by atoms with van der Waals surface area (Å²) in [5.41, 5.74) is -0.171. The van der Waals surface area contributed by atoms with Crippen molar-refractivity contribution in [3.05, 3.63) is 23.3 Å². The molecule has 0 saturated heterocycles. The SMILES string of the molecule is CC1CC(C)(C)CC[C@]1(CCC(=O)NC(C)(C)C)CC[C@]1(C)CC(=O)C=C2[C@@]3(C)C=C(C#N)C(=O)C(C)(C)[C@@H]3CC[C@]21C. The van der Waals surface area contributed by atoms with Crippen LogP contribution in [0.15, 0.2) is 23.3 Å². The average Bonchev–Trinajstić information content (AvgIpc) is 2.86. The Balaban J connectivity index is 1.68. The summed E-state index contributed by atoms with van der Waals surface area (Å²) in [4.78, 5) is 39.9. The van der Waals surface area contributed by atoms with Crippen molar-refractivity contribution < 1.29 is 14.4 Å². The van der Waals surface area contributed by atoms with Crippen molar-refractivity contribution in [2.24, 2.45) is 44.3 Å². The van der Waals surface area contributed by atoms with Gasteiger partial charge in [-0.1, -0.05) is 67.0 Å². The van der Waals surface area contributed by atoms with Crippen LogP contribution in [0.5, 0.6) is 0 Å². The second-order valence-electron chi connectivity index (χ2n) is 18.1. The first-order chi connectivity index (χ1) is 19.5. The molecule has 5 heteroatoms. The van der Waals surface area contributed by atoms with Crippen LogP contribution in [-0.2, 0) is 14.4 Å². The molecule has 0 aromatic heterocycles. The average molecular weight is 591 g/mol. The first-order valence-corrected chi connectivity index (χ1v) is 16.8. The minimum atomic E-state index is -0.657. The number of rotatable bonds is 6. The first kappa shape index (κ1) is 33.7. The lowest BCUT2D eigenvalue weighted by Gasteiger charge is -2.63. The second kappa shape index (κ2) is 10.7. The molecule has 0 aromatic carbocycles. The first-order valence-electron chi connectivity index (χ1n) is 16.8. The highest BCUT2D eigenvalue weighted by Crippen LogP contribution is 2.69. The van der Waals surface area contributed by atoms with E-state index < -0.39 is 10.8 Å². The summed E-state index contributed by atoms with van der Waals surface area (Å²) >= 11 is 0. The van der Waals surface area contributed by atoms with Gasteiger partial charge in [0.2, 0.25) is 5.91 Å². The predicted octanol–water partition coefficient (Wildman–Crippen LogP) is 8.68. The van der Waals surface area contributed by atoms with Crippen LogP contribution in [-0.4, -0.2) is 23.0 Å². The number of nitriles is 1. The third-order valence-corrected chi connectivity index (χ3v) is 13.0. The fraction of sp³-hybridized carbons (Fsp3) is 0.789. The van der Waals surface area contributed by atoms with Crippen molar-refractivity contribution in [2.45, 2.75) is 146 Å². The number of nitrogens with zero attached hydrogens (tertiary/aromatic N) is 1. The van der Waals surface area contributed by atoms with Gasteiger partial charge in [-0.2, -0.15) is 5.26 Å². The van der Waals surface area contributed by atoms with Gasteiger partial charge >= 0.3 is 0 Å². The van der Waals surface area contributed by atoms with Crippen molar-refractivity contribution in [1.29, 1.82) is 5.26 Å².